The third kappa shape index (κ3) is 2.90. The van der Waals surface area contributed by atoms with Crippen molar-refractivity contribution >= 4 is 0 Å². The Balaban J connectivity index is 1.84. The van der Waals surface area contributed by atoms with Gasteiger partial charge in [-0.05, 0) is 12.5 Å². The summed E-state index contributed by atoms with van der Waals surface area (Å²) in [4.78, 5) is 4.15. The summed E-state index contributed by atoms with van der Waals surface area (Å²) in [6, 6.07) is 8.47. The van der Waals surface area contributed by atoms with Gasteiger partial charge in [0, 0.05) is 13.6 Å². The maximum atomic E-state index is 4.20. The van der Waals surface area contributed by atoms with Gasteiger partial charge in [-0.1, -0.05) is 29.8 Å². The van der Waals surface area contributed by atoms with Crippen molar-refractivity contribution in [2.24, 2.45) is 7.05 Å². The van der Waals surface area contributed by atoms with Crippen LogP contribution in [0.25, 0.3) is 0 Å². The Kier molecular flexibility index (Phi) is 3.31. The van der Waals surface area contributed by atoms with Crippen molar-refractivity contribution in [2.75, 3.05) is 0 Å². The number of aromatic nitrogens is 3. The number of hydrogen-bond acceptors (Lipinski definition) is 3. The molecule has 0 atom stereocenters. The number of hydrogen-bond donors (Lipinski definition) is 1. The van der Waals surface area contributed by atoms with Gasteiger partial charge in [-0.15, -0.1) is 0 Å². The fraction of sp³-hybridized carbons (Fsp3) is 0.333. The van der Waals surface area contributed by atoms with E-state index in [2.05, 4.69) is 46.6 Å². The molecule has 0 radical (unpaired) electrons. The minimum atomic E-state index is 0.703. The molecule has 1 aromatic carbocycles. The molecule has 1 heterocycles. The molecule has 0 spiro atoms. The number of aryl methyl sites for hydroxylation is 2. The van der Waals surface area contributed by atoms with Crippen molar-refractivity contribution in [1.82, 2.24) is 20.1 Å². The lowest BCUT2D eigenvalue weighted by Crippen LogP contribution is -2.14. The number of benzene rings is 1. The molecule has 1 aromatic heterocycles. The zero-order chi connectivity index (χ0) is 11.4. The first-order valence-corrected chi connectivity index (χ1v) is 5.35. The van der Waals surface area contributed by atoms with Crippen LogP contribution in [-0.4, -0.2) is 14.8 Å². The molecule has 0 saturated heterocycles. The lowest BCUT2D eigenvalue weighted by molar-refractivity contribution is 0.649. The van der Waals surface area contributed by atoms with E-state index < -0.39 is 0 Å². The van der Waals surface area contributed by atoms with Gasteiger partial charge in [0.2, 0.25) is 0 Å². The molecular weight excluding hydrogens is 200 g/mol. The fourth-order valence-corrected chi connectivity index (χ4v) is 1.61. The molecule has 2 aromatic rings. The monoisotopic (exact) mass is 216 g/mol. The van der Waals surface area contributed by atoms with Gasteiger partial charge < -0.3 is 5.32 Å². The molecule has 0 aliphatic carbocycles. The molecule has 2 rings (SSSR count). The summed E-state index contributed by atoms with van der Waals surface area (Å²) in [6.07, 6.45) is 1.71. The zero-order valence-electron chi connectivity index (χ0n) is 9.64. The summed E-state index contributed by atoms with van der Waals surface area (Å²) < 4.78 is 1.71. The summed E-state index contributed by atoms with van der Waals surface area (Å²) in [5, 5.41) is 7.52. The molecule has 0 fully saturated rings. The Labute approximate surface area is 95.3 Å². The Morgan fingerprint density at radius 2 is 2.19 bits per heavy atom. The third-order valence-electron chi connectivity index (χ3n) is 2.34. The third-order valence-corrected chi connectivity index (χ3v) is 2.34. The van der Waals surface area contributed by atoms with Gasteiger partial charge in [0.25, 0.3) is 0 Å². The molecule has 4 heteroatoms. The van der Waals surface area contributed by atoms with E-state index in [9.17, 15) is 0 Å². The molecule has 0 unspecified atom stereocenters. The van der Waals surface area contributed by atoms with Gasteiger partial charge >= 0.3 is 0 Å². The van der Waals surface area contributed by atoms with Crippen LogP contribution < -0.4 is 5.32 Å². The van der Waals surface area contributed by atoms with Crippen LogP contribution in [0.15, 0.2) is 30.6 Å². The minimum Gasteiger partial charge on any atom is -0.306 e. The largest absolute Gasteiger partial charge is 0.306 e. The first kappa shape index (κ1) is 10.8. The molecule has 0 amide bonds. The number of nitrogens with zero attached hydrogens (tertiary/aromatic N) is 3. The van der Waals surface area contributed by atoms with Crippen molar-refractivity contribution in [3.8, 4) is 0 Å². The van der Waals surface area contributed by atoms with Crippen molar-refractivity contribution in [3.63, 3.8) is 0 Å². The van der Waals surface area contributed by atoms with Crippen molar-refractivity contribution in [2.45, 2.75) is 20.0 Å². The summed E-state index contributed by atoms with van der Waals surface area (Å²) in [6.45, 7) is 3.65. The zero-order valence-corrected chi connectivity index (χ0v) is 9.64. The molecule has 0 bridgehead atoms. The van der Waals surface area contributed by atoms with E-state index in [1.165, 1.54) is 11.1 Å². The average molecular weight is 216 g/mol. The predicted octanol–water partition coefficient (Wildman–Crippen LogP) is 1.41. The molecular formula is C12H16N4. The van der Waals surface area contributed by atoms with Gasteiger partial charge in [-0.25, -0.2) is 4.98 Å². The summed E-state index contributed by atoms with van der Waals surface area (Å²) in [7, 11) is 1.87. The lowest BCUT2D eigenvalue weighted by atomic mass is 10.1. The molecule has 0 aliphatic rings. The second-order valence-corrected chi connectivity index (χ2v) is 3.93. The van der Waals surface area contributed by atoms with E-state index in [0.717, 1.165) is 12.4 Å². The molecule has 0 aliphatic heterocycles. The average Bonchev–Trinajstić information content (AvgIpc) is 2.64. The second-order valence-electron chi connectivity index (χ2n) is 3.93. The van der Waals surface area contributed by atoms with E-state index in [0.29, 0.717) is 6.54 Å². The predicted molar refractivity (Wildman–Crippen MR) is 62.7 cm³/mol. The van der Waals surface area contributed by atoms with Crippen LogP contribution in [0.1, 0.15) is 17.0 Å². The number of rotatable bonds is 4. The Morgan fingerprint density at radius 1 is 1.31 bits per heavy atom. The lowest BCUT2D eigenvalue weighted by Gasteiger charge is -2.03. The molecule has 16 heavy (non-hydrogen) atoms. The van der Waals surface area contributed by atoms with E-state index >= 15 is 0 Å². The van der Waals surface area contributed by atoms with Crippen LogP contribution >= 0.6 is 0 Å². The van der Waals surface area contributed by atoms with Crippen molar-refractivity contribution in [1.29, 1.82) is 0 Å². The smallest absolute Gasteiger partial charge is 0.164 e. The Bertz CT molecular complexity index is 462. The maximum Gasteiger partial charge on any atom is 0.164 e. The topological polar surface area (TPSA) is 42.7 Å². The minimum absolute atomic E-state index is 0.703. The van der Waals surface area contributed by atoms with E-state index in [1.54, 1.807) is 11.0 Å². The van der Waals surface area contributed by atoms with Crippen molar-refractivity contribution in [3.05, 3.63) is 47.5 Å². The summed E-state index contributed by atoms with van der Waals surface area (Å²) in [5.74, 6) is 0.829. The van der Waals surface area contributed by atoms with Crippen LogP contribution in [0, 0.1) is 6.92 Å². The van der Waals surface area contributed by atoms with E-state index in [-0.39, 0.29) is 0 Å². The van der Waals surface area contributed by atoms with Gasteiger partial charge in [-0.2, -0.15) is 5.10 Å². The van der Waals surface area contributed by atoms with Crippen LogP contribution in [0.2, 0.25) is 0 Å². The van der Waals surface area contributed by atoms with Gasteiger partial charge in [0.15, 0.2) is 5.82 Å². The van der Waals surface area contributed by atoms with Gasteiger partial charge in [0.05, 0.1) is 6.54 Å². The highest BCUT2D eigenvalue weighted by Gasteiger charge is 1.98. The highest BCUT2D eigenvalue weighted by atomic mass is 15.3. The van der Waals surface area contributed by atoms with E-state index in [1.807, 2.05) is 7.05 Å². The van der Waals surface area contributed by atoms with Gasteiger partial charge in [0.1, 0.15) is 6.33 Å². The first-order chi connectivity index (χ1) is 7.74. The van der Waals surface area contributed by atoms with Crippen molar-refractivity contribution < 1.29 is 0 Å². The standard InChI is InChI=1S/C12H16N4/c1-10-4-3-5-11(6-10)7-13-8-12-14-9-16(2)15-12/h3-6,9,13H,7-8H2,1-2H3. The van der Waals surface area contributed by atoms with Crippen LogP contribution in [0.4, 0.5) is 0 Å². The van der Waals surface area contributed by atoms with Crippen LogP contribution in [0.5, 0.6) is 0 Å². The summed E-state index contributed by atoms with van der Waals surface area (Å²) >= 11 is 0. The highest BCUT2D eigenvalue weighted by molar-refractivity contribution is 5.21. The molecule has 0 saturated carbocycles. The molecule has 4 nitrogen and oxygen atoms in total. The Morgan fingerprint density at radius 3 is 2.88 bits per heavy atom. The van der Waals surface area contributed by atoms with Gasteiger partial charge in [-0.3, -0.25) is 4.68 Å². The normalized spacial score (nSPS) is 10.6. The number of nitrogens with one attached hydrogen (secondary N) is 1. The summed E-state index contributed by atoms with van der Waals surface area (Å²) in [5.41, 5.74) is 2.58. The molecule has 1 N–H and O–H groups in total. The quantitative estimate of drug-likeness (QED) is 0.840. The maximum absolute atomic E-state index is 4.20. The first-order valence-electron chi connectivity index (χ1n) is 5.35. The van der Waals surface area contributed by atoms with Crippen LogP contribution in [-0.2, 0) is 20.1 Å². The fourth-order valence-electron chi connectivity index (χ4n) is 1.61. The SMILES string of the molecule is Cc1cccc(CNCc2ncn(C)n2)c1. The van der Waals surface area contributed by atoms with Crippen LogP contribution in [0.3, 0.4) is 0 Å². The highest BCUT2D eigenvalue weighted by Crippen LogP contribution is 2.03. The second kappa shape index (κ2) is 4.90. The Hall–Kier alpha value is -1.68. The molecule has 84 valence electrons. The van der Waals surface area contributed by atoms with E-state index in [4.69, 9.17) is 0 Å².